The Morgan fingerprint density at radius 3 is 1.90 bits per heavy atom. The highest BCUT2D eigenvalue weighted by Crippen LogP contribution is 2.62. The number of fused-ring (bicyclic) bond motifs is 10. The first-order valence-corrected chi connectivity index (χ1v) is 16.2. The summed E-state index contributed by atoms with van der Waals surface area (Å²) in [5.74, 6) is 1.70. The topological polar surface area (TPSA) is 56.9 Å². The van der Waals surface area contributed by atoms with Gasteiger partial charge in [0, 0.05) is 16.7 Å². The molecule has 1 spiro atoms. The molecule has 1 aliphatic carbocycles. The molecule has 1 aliphatic heterocycles. The summed E-state index contributed by atoms with van der Waals surface area (Å²) in [5, 5.41) is 19.8. The molecule has 0 saturated heterocycles. The Bertz CT molecular complexity index is 2440. The molecule has 2 N–H and O–H groups in total. The van der Waals surface area contributed by atoms with Gasteiger partial charge in [0.1, 0.15) is 11.5 Å². The molecular formula is C45H30N2O. The third-order valence-electron chi connectivity index (χ3n) is 9.85. The number of allylic oxidation sites excluding steroid dienone is 2. The van der Waals surface area contributed by atoms with Gasteiger partial charge < -0.3 is 15.6 Å². The molecule has 0 unspecified atom stereocenters. The highest BCUT2D eigenvalue weighted by molar-refractivity contribution is 6.18. The Balaban J connectivity index is 1.09. The first-order valence-electron chi connectivity index (χ1n) is 16.2. The lowest BCUT2D eigenvalue weighted by Crippen LogP contribution is -2.32. The molecule has 0 bridgehead atoms. The Kier molecular flexibility index (Phi) is 6.34. The van der Waals surface area contributed by atoms with Crippen LogP contribution < -0.4 is 4.74 Å². The Hall–Kier alpha value is -6.32. The van der Waals surface area contributed by atoms with E-state index in [1.54, 1.807) is 12.2 Å². The molecule has 48 heavy (non-hydrogen) atoms. The molecule has 2 aliphatic rings. The van der Waals surface area contributed by atoms with Crippen LogP contribution in [0.15, 0.2) is 170 Å². The smallest absolute Gasteiger partial charge is 0.132 e. The van der Waals surface area contributed by atoms with Crippen LogP contribution >= 0.6 is 0 Å². The van der Waals surface area contributed by atoms with Gasteiger partial charge in [-0.05, 0) is 80.1 Å². The first kappa shape index (κ1) is 27.9. The Morgan fingerprint density at radius 2 is 1.08 bits per heavy atom. The maximum Gasteiger partial charge on any atom is 0.132 e. The molecule has 7 aromatic carbocycles. The van der Waals surface area contributed by atoms with Crippen molar-refractivity contribution in [3.05, 3.63) is 203 Å². The zero-order valence-corrected chi connectivity index (χ0v) is 26.1. The zero-order chi connectivity index (χ0) is 32.2. The van der Waals surface area contributed by atoms with Crippen LogP contribution in [-0.2, 0) is 5.41 Å². The quantitative estimate of drug-likeness (QED) is 0.186. The van der Waals surface area contributed by atoms with Crippen LogP contribution in [-0.4, -0.2) is 11.4 Å². The number of hydrogen-bond donors (Lipinski definition) is 2. The van der Waals surface area contributed by atoms with Crippen molar-refractivity contribution in [2.75, 3.05) is 0 Å². The third kappa shape index (κ3) is 4.14. The Labute approximate surface area is 279 Å². The van der Waals surface area contributed by atoms with E-state index in [1.165, 1.54) is 22.3 Å². The van der Waals surface area contributed by atoms with Crippen molar-refractivity contribution in [1.29, 1.82) is 10.8 Å². The summed E-state index contributed by atoms with van der Waals surface area (Å²) >= 11 is 0. The fourth-order valence-electron chi connectivity index (χ4n) is 7.72. The van der Waals surface area contributed by atoms with Crippen molar-refractivity contribution < 1.29 is 4.74 Å². The van der Waals surface area contributed by atoms with Gasteiger partial charge in [-0.3, -0.25) is 0 Å². The first-order chi connectivity index (χ1) is 23.6. The lowest BCUT2D eigenvalue weighted by Gasteiger charge is -2.39. The highest BCUT2D eigenvalue weighted by Gasteiger charge is 2.50. The van der Waals surface area contributed by atoms with Gasteiger partial charge in [0.2, 0.25) is 0 Å². The van der Waals surface area contributed by atoms with E-state index < -0.39 is 5.41 Å². The molecule has 1 heterocycles. The van der Waals surface area contributed by atoms with Gasteiger partial charge in [0.05, 0.1) is 16.8 Å². The summed E-state index contributed by atoms with van der Waals surface area (Å²) in [6, 6.07) is 54.6. The summed E-state index contributed by atoms with van der Waals surface area (Å²) in [4.78, 5) is 0. The number of nitrogens with one attached hydrogen (secondary N) is 2. The van der Waals surface area contributed by atoms with Gasteiger partial charge in [-0.15, -0.1) is 0 Å². The number of hydrogen-bond acceptors (Lipinski definition) is 3. The van der Waals surface area contributed by atoms with E-state index in [1.807, 2.05) is 54.6 Å². The van der Waals surface area contributed by atoms with Crippen LogP contribution in [0, 0.1) is 10.8 Å². The van der Waals surface area contributed by atoms with E-state index in [-0.39, 0.29) is 0 Å². The fraction of sp³-hybridized carbons (Fsp3) is 0.0222. The van der Waals surface area contributed by atoms with Crippen LogP contribution in [0.4, 0.5) is 0 Å². The van der Waals surface area contributed by atoms with Crippen molar-refractivity contribution in [2.24, 2.45) is 0 Å². The number of rotatable bonds is 5. The molecule has 0 saturated carbocycles. The van der Waals surface area contributed by atoms with E-state index >= 15 is 0 Å². The molecule has 3 nitrogen and oxygen atoms in total. The average Bonchev–Trinajstić information content (AvgIpc) is 3.44. The van der Waals surface area contributed by atoms with Crippen molar-refractivity contribution in [1.82, 2.24) is 0 Å². The van der Waals surface area contributed by atoms with Crippen LogP contribution in [0.5, 0.6) is 11.5 Å². The van der Waals surface area contributed by atoms with Crippen LogP contribution in [0.2, 0.25) is 0 Å². The molecule has 0 aromatic heterocycles. The van der Waals surface area contributed by atoms with Gasteiger partial charge in [-0.25, -0.2) is 0 Å². The van der Waals surface area contributed by atoms with Crippen molar-refractivity contribution in [3.63, 3.8) is 0 Å². The molecule has 9 rings (SSSR count). The van der Waals surface area contributed by atoms with Gasteiger partial charge in [-0.2, -0.15) is 0 Å². The summed E-state index contributed by atoms with van der Waals surface area (Å²) in [5.41, 5.74) is 11.2. The number of para-hydroxylation sites is 1. The molecule has 0 fully saturated rings. The predicted octanol–water partition coefficient (Wildman–Crippen LogP) is 11.0. The zero-order valence-electron chi connectivity index (χ0n) is 26.1. The normalized spacial score (nSPS) is 13.4. The second-order valence-electron chi connectivity index (χ2n) is 12.4. The second kappa shape index (κ2) is 10.9. The SMILES string of the molecule is N=C(/C=C\C(=N)c1cccc2ccccc12)c1cccc(-c2ccc3c(c2)Oc2ccccc2C32c3ccccc3-c3ccccc32)c1. The van der Waals surface area contributed by atoms with E-state index in [0.29, 0.717) is 11.4 Å². The standard InChI is InChI=1S/C45H30N2O/c46-41(25-26-42(47)36-18-10-12-29-11-1-2-15-33(29)36)32-14-9-13-30(27-32)31-23-24-40-44(28-31)48-43-22-8-7-21-39(43)45(40)37-19-5-3-16-34(37)35-17-4-6-20-38(35)45/h1-28,46-47H/b26-25-,46-41?,47-42?. The highest BCUT2D eigenvalue weighted by atomic mass is 16.5. The Morgan fingerprint density at radius 1 is 0.479 bits per heavy atom. The van der Waals surface area contributed by atoms with E-state index in [4.69, 9.17) is 15.6 Å². The molecule has 226 valence electrons. The second-order valence-corrected chi connectivity index (χ2v) is 12.4. The molecular weight excluding hydrogens is 585 g/mol. The maximum absolute atomic E-state index is 8.88. The predicted molar refractivity (Wildman–Crippen MR) is 196 cm³/mol. The number of benzene rings is 7. The monoisotopic (exact) mass is 614 g/mol. The minimum Gasteiger partial charge on any atom is -0.457 e. The molecule has 3 heteroatoms. The van der Waals surface area contributed by atoms with Crippen LogP contribution in [0.25, 0.3) is 33.0 Å². The van der Waals surface area contributed by atoms with E-state index in [2.05, 4.69) is 103 Å². The van der Waals surface area contributed by atoms with Gasteiger partial charge >= 0.3 is 0 Å². The summed E-state index contributed by atoms with van der Waals surface area (Å²) in [6.45, 7) is 0. The minimum atomic E-state index is -0.487. The van der Waals surface area contributed by atoms with E-state index in [0.717, 1.165) is 55.7 Å². The van der Waals surface area contributed by atoms with Crippen molar-refractivity contribution in [2.45, 2.75) is 5.41 Å². The largest absolute Gasteiger partial charge is 0.457 e. The van der Waals surface area contributed by atoms with Crippen LogP contribution in [0.3, 0.4) is 0 Å². The van der Waals surface area contributed by atoms with Gasteiger partial charge in [0.25, 0.3) is 0 Å². The van der Waals surface area contributed by atoms with E-state index in [9.17, 15) is 0 Å². The summed E-state index contributed by atoms with van der Waals surface area (Å²) in [6.07, 6.45) is 3.44. The minimum absolute atomic E-state index is 0.350. The molecule has 7 aromatic rings. The lowest BCUT2D eigenvalue weighted by atomic mass is 9.66. The third-order valence-corrected chi connectivity index (χ3v) is 9.85. The lowest BCUT2D eigenvalue weighted by molar-refractivity contribution is 0.436. The van der Waals surface area contributed by atoms with Gasteiger partial charge in [-0.1, -0.05) is 140 Å². The van der Waals surface area contributed by atoms with Crippen molar-refractivity contribution in [3.8, 4) is 33.8 Å². The fourth-order valence-corrected chi connectivity index (χ4v) is 7.72. The maximum atomic E-state index is 8.88. The number of ether oxygens (including phenoxy) is 1. The summed E-state index contributed by atoms with van der Waals surface area (Å²) < 4.78 is 6.69. The van der Waals surface area contributed by atoms with Gasteiger partial charge in [0.15, 0.2) is 0 Å². The summed E-state index contributed by atoms with van der Waals surface area (Å²) in [7, 11) is 0. The van der Waals surface area contributed by atoms with Crippen molar-refractivity contribution >= 4 is 22.2 Å². The molecule has 0 amide bonds. The van der Waals surface area contributed by atoms with Crippen LogP contribution in [0.1, 0.15) is 33.4 Å². The molecule has 0 radical (unpaired) electrons. The average molecular weight is 615 g/mol. The molecule has 0 atom stereocenters.